The zero-order valence-electron chi connectivity index (χ0n) is 8.41. The summed E-state index contributed by atoms with van der Waals surface area (Å²) in [6.07, 6.45) is -0.862. The van der Waals surface area contributed by atoms with E-state index in [2.05, 4.69) is 19.1 Å². The minimum Gasteiger partial charge on any atom is -0.463 e. The van der Waals surface area contributed by atoms with Crippen molar-refractivity contribution in [2.24, 2.45) is 5.90 Å². The second-order valence-corrected chi connectivity index (χ2v) is 4.49. The molecule has 9 heteroatoms. The molecule has 0 bridgehead atoms. The first-order valence-corrected chi connectivity index (χ1v) is 5.98. The topological polar surface area (TPSA) is 117 Å². The van der Waals surface area contributed by atoms with Gasteiger partial charge in [-0.05, 0) is 0 Å². The first-order valence-electron chi connectivity index (χ1n) is 3.95. The lowest BCUT2D eigenvalue weighted by atomic mass is 10.4. The van der Waals surface area contributed by atoms with E-state index < -0.39 is 19.7 Å². The van der Waals surface area contributed by atoms with E-state index in [1.165, 1.54) is 6.92 Å². The molecule has 0 amide bonds. The summed E-state index contributed by atoms with van der Waals surface area (Å²) >= 11 is 0. The van der Waals surface area contributed by atoms with Gasteiger partial charge in [-0.1, -0.05) is 0 Å². The van der Waals surface area contributed by atoms with Crippen LogP contribution in [0.15, 0.2) is 0 Å². The quantitative estimate of drug-likeness (QED) is 0.268. The summed E-state index contributed by atoms with van der Waals surface area (Å²) in [5, 5.41) is 0. The van der Waals surface area contributed by atoms with E-state index in [4.69, 9.17) is 10.8 Å². The maximum atomic E-state index is 10.7. The number of hydrogen-bond donors (Lipinski definition) is 2. The molecule has 0 aromatic heterocycles. The Bertz CT molecular complexity index is 240. The van der Waals surface area contributed by atoms with Crippen LogP contribution in [0.5, 0.6) is 0 Å². The summed E-state index contributed by atoms with van der Waals surface area (Å²) in [6, 6.07) is 0. The molecule has 0 radical (unpaired) electrons. The van der Waals surface area contributed by atoms with Crippen molar-refractivity contribution in [3.8, 4) is 0 Å². The highest BCUT2D eigenvalue weighted by atomic mass is 31.2. The third-order valence-corrected chi connectivity index (χ3v) is 1.43. The van der Waals surface area contributed by atoms with Crippen molar-refractivity contribution in [1.29, 1.82) is 0 Å². The number of carbonyl (C=O) groups excluding carboxylic acids is 1. The molecule has 0 spiro atoms. The maximum Gasteiger partial charge on any atom is 0.352 e. The van der Waals surface area contributed by atoms with E-state index in [9.17, 15) is 9.36 Å². The van der Waals surface area contributed by atoms with E-state index in [1.807, 2.05) is 0 Å². The SMILES string of the molecule is CC(=O)OCC(CON)OOP(C)(=O)O. The van der Waals surface area contributed by atoms with Crippen LogP contribution in [-0.2, 0) is 28.5 Å². The van der Waals surface area contributed by atoms with Gasteiger partial charge in [0.15, 0.2) is 6.10 Å². The summed E-state index contributed by atoms with van der Waals surface area (Å²) < 4.78 is 19.4. The van der Waals surface area contributed by atoms with E-state index in [-0.39, 0.29) is 13.2 Å². The number of hydrogen-bond acceptors (Lipinski definition) is 7. The predicted octanol–water partition coefficient (Wildman–Crippen LogP) is -0.428. The molecule has 0 aromatic rings. The van der Waals surface area contributed by atoms with Crippen LogP contribution in [0.25, 0.3) is 0 Å². The van der Waals surface area contributed by atoms with Gasteiger partial charge in [0.25, 0.3) is 0 Å². The van der Waals surface area contributed by atoms with Crippen LogP contribution in [0.3, 0.4) is 0 Å². The molecule has 0 aliphatic carbocycles. The van der Waals surface area contributed by atoms with Crippen LogP contribution in [0.4, 0.5) is 0 Å². The zero-order valence-corrected chi connectivity index (χ0v) is 9.31. The Morgan fingerprint density at radius 1 is 1.53 bits per heavy atom. The van der Waals surface area contributed by atoms with E-state index in [0.717, 1.165) is 6.66 Å². The smallest absolute Gasteiger partial charge is 0.352 e. The molecule has 0 saturated heterocycles. The lowest BCUT2D eigenvalue weighted by Crippen LogP contribution is -2.28. The van der Waals surface area contributed by atoms with Crippen LogP contribution in [0.1, 0.15) is 6.92 Å². The molecule has 0 aromatic carbocycles. The van der Waals surface area contributed by atoms with Gasteiger partial charge in [0.2, 0.25) is 0 Å². The normalized spacial score (nSPS) is 16.8. The molecule has 15 heavy (non-hydrogen) atoms. The monoisotopic (exact) mass is 243 g/mol. The molecular formula is C6H14NO7P. The summed E-state index contributed by atoms with van der Waals surface area (Å²) in [7, 11) is -3.75. The van der Waals surface area contributed by atoms with Gasteiger partial charge < -0.3 is 14.5 Å². The third-order valence-electron chi connectivity index (χ3n) is 1.07. The molecule has 8 nitrogen and oxygen atoms in total. The Morgan fingerprint density at radius 2 is 2.13 bits per heavy atom. The Kier molecular flexibility index (Phi) is 6.66. The first-order chi connectivity index (χ1) is 6.85. The predicted molar refractivity (Wildman–Crippen MR) is 48.5 cm³/mol. The Morgan fingerprint density at radius 3 is 2.53 bits per heavy atom. The molecule has 3 N–H and O–H groups in total. The molecule has 0 aliphatic heterocycles. The van der Waals surface area contributed by atoms with Crippen LogP contribution in [0.2, 0.25) is 0 Å². The van der Waals surface area contributed by atoms with Crippen molar-refractivity contribution in [3.05, 3.63) is 0 Å². The highest BCUT2D eigenvalue weighted by Gasteiger charge is 2.18. The molecule has 90 valence electrons. The van der Waals surface area contributed by atoms with Gasteiger partial charge >= 0.3 is 13.6 Å². The number of nitrogens with two attached hydrogens (primary N) is 1. The maximum absolute atomic E-state index is 10.7. The van der Waals surface area contributed by atoms with Crippen molar-refractivity contribution >= 4 is 13.6 Å². The fourth-order valence-corrected chi connectivity index (χ4v) is 0.843. The van der Waals surface area contributed by atoms with Crippen LogP contribution < -0.4 is 5.90 Å². The van der Waals surface area contributed by atoms with Crippen LogP contribution >= 0.6 is 7.60 Å². The van der Waals surface area contributed by atoms with Crippen molar-refractivity contribution in [2.45, 2.75) is 13.0 Å². The minimum absolute atomic E-state index is 0.146. The molecule has 2 unspecified atom stereocenters. The highest BCUT2D eigenvalue weighted by molar-refractivity contribution is 7.51. The fourth-order valence-electron chi connectivity index (χ4n) is 0.562. The van der Waals surface area contributed by atoms with Crippen molar-refractivity contribution in [3.63, 3.8) is 0 Å². The van der Waals surface area contributed by atoms with Crippen molar-refractivity contribution < 1.29 is 33.4 Å². The summed E-state index contributed by atoms with van der Waals surface area (Å²) in [4.78, 5) is 27.9. The summed E-state index contributed by atoms with van der Waals surface area (Å²) in [5.41, 5.74) is 0. The van der Waals surface area contributed by atoms with Gasteiger partial charge in [0.05, 0.1) is 0 Å². The largest absolute Gasteiger partial charge is 0.463 e. The standard InChI is InChI=1S/C6H14NO7P/c1-5(8)11-3-6(4-12-7)13-14-15(2,9)10/h6H,3-4,7H2,1-2H3,(H,9,10). The highest BCUT2D eigenvalue weighted by Crippen LogP contribution is 2.37. The second-order valence-electron chi connectivity index (χ2n) is 2.73. The van der Waals surface area contributed by atoms with E-state index in [1.54, 1.807) is 0 Å². The van der Waals surface area contributed by atoms with Crippen LogP contribution in [0, 0.1) is 0 Å². The number of ether oxygens (including phenoxy) is 1. The molecular weight excluding hydrogens is 229 g/mol. The lowest BCUT2D eigenvalue weighted by Gasteiger charge is -2.15. The van der Waals surface area contributed by atoms with Gasteiger partial charge in [-0.25, -0.2) is 10.8 Å². The van der Waals surface area contributed by atoms with Gasteiger partial charge in [-0.2, -0.15) is 0 Å². The molecule has 0 fully saturated rings. The molecule has 0 rings (SSSR count). The summed E-state index contributed by atoms with van der Waals surface area (Å²) in [5.74, 6) is 4.24. The van der Waals surface area contributed by atoms with Gasteiger partial charge in [-0.15, -0.1) is 4.67 Å². The Hall–Kier alpha value is -0.500. The minimum atomic E-state index is -3.75. The number of rotatable bonds is 7. The Labute approximate surface area is 86.7 Å². The average molecular weight is 243 g/mol. The first kappa shape index (κ1) is 14.5. The molecule has 0 aliphatic rings. The van der Waals surface area contributed by atoms with Gasteiger partial charge in [-0.3, -0.25) is 9.36 Å². The average Bonchev–Trinajstić information content (AvgIpc) is 2.08. The van der Waals surface area contributed by atoms with Gasteiger partial charge in [0, 0.05) is 13.6 Å². The second kappa shape index (κ2) is 6.89. The Balaban J connectivity index is 3.93. The molecule has 0 saturated carbocycles. The van der Waals surface area contributed by atoms with Gasteiger partial charge in [0.1, 0.15) is 13.2 Å². The molecule has 2 atom stereocenters. The lowest BCUT2D eigenvalue weighted by molar-refractivity contribution is -0.268. The number of esters is 1. The van der Waals surface area contributed by atoms with E-state index in [0.29, 0.717) is 0 Å². The zero-order chi connectivity index (χ0) is 11.9. The fraction of sp³-hybridized carbons (Fsp3) is 0.833. The number of carbonyl (C=O) groups is 1. The molecule has 0 heterocycles. The van der Waals surface area contributed by atoms with E-state index >= 15 is 0 Å². The van der Waals surface area contributed by atoms with Crippen LogP contribution in [-0.4, -0.2) is 36.8 Å². The third kappa shape index (κ3) is 9.80. The van der Waals surface area contributed by atoms with Crippen molar-refractivity contribution in [1.82, 2.24) is 0 Å². The van der Waals surface area contributed by atoms with Crippen molar-refractivity contribution in [2.75, 3.05) is 19.9 Å². The summed E-state index contributed by atoms with van der Waals surface area (Å²) in [6.45, 7) is 1.82.